The summed E-state index contributed by atoms with van der Waals surface area (Å²) in [5.41, 5.74) is 1.30. The van der Waals surface area contributed by atoms with E-state index in [1.54, 1.807) is 38.1 Å². The fourth-order valence-electron chi connectivity index (χ4n) is 3.12. The highest BCUT2D eigenvalue weighted by molar-refractivity contribution is 6.38. The molecule has 200 valence electrons. The third kappa shape index (κ3) is 7.81. The minimum absolute atomic E-state index is 0.169. The molecule has 0 heterocycles. The van der Waals surface area contributed by atoms with Gasteiger partial charge in [-0.15, -0.1) is 0 Å². The lowest BCUT2D eigenvalue weighted by molar-refractivity contribution is -0.157. The van der Waals surface area contributed by atoms with Crippen molar-refractivity contribution in [1.82, 2.24) is 0 Å². The van der Waals surface area contributed by atoms with Gasteiger partial charge in [-0.2, -0.15) is 0 Å². The third-order valence-corrected chi connectivity index (χ3v) is 6.37. The molecule has 0 aromatic heterocycles. The Morgan fingerprint density at radius 3 is 1.22 bits per heavy atom. The normalized spacial score (nSPS) is 12.8. The lowest BCUT2D eigenvalue weighted by Gasteiger charge is -2.28. The fourth-order valence-corrected chi connectivity index (χ4v) is 4.27. The molecule has 0 aliphatic rings. The van der Waals surface area contributed by atoms with Gasteiger partial charge >= 0.3 is 11.9 Å². The van der Waals surface area contributed by atoms with Gasteiger partial charge in [-0.25, -0.2) is 9.59 Å². The Morgan fingerprint density at radius 1 is 0.703 bits per heavy atom. The third-order valence-electron chi connectivity index (χ3n) is 5.25. The summed E-state index contributed by atoms with van der Waals surface area (Å²) in [4.78, 5) is 23.5. The smallest absolute Gasteiger partial charge is 0.336 e. The van der Waals surface area contributed by atoms with E-state index < -0.39 is 29.9 Å². The highest BCUT2D eigenvalue weighted by atomic mass is 35.5. The van der Waals surface area contributed by atoms with Gasteiger partial charge in [-0.3, -0.25) is 0 Å². The van der Waals surface area contributed by atoms with Crippen LogP contribution in [0.1, 0.15) is 52.7 Å². The number of benzene rings is 2. The number of esters is 2. The van der Waals surface area contributed by atoms with E-state index in [0.29, 0.717) is 0 Å². The first-order valence-corrected chi connectivity index (χ1v) is 12.6. The molecule has 0 radical (unpaired) electrons. The van der Waals surface area contributed by atoms with Crippen molar-refractivity contribution in [2.75, 3.05) is 0 Å². The first-order chi connectivity index (χ1) is 17.0. The summed E-state index contributed by atoms with van der Waals surface area (Å²) in [5.74, 6) is -0.852. The predicted octanol–water partition coefficient (Wildman–Crippen LogP) is 8.31. The van der Waals surface area contributed by atoms with Gasteiger partial charge in [0, 0.05) is 30.4 Å². The van der Waals surface area contributed by atoms with Crippen LogP contribution >= 0.6 is 46.4 Å². The summed E-state index contributed by atoms with van der Waals surface area (Å²) in [6, 6.07) is 6.78. The second kappa shape index (κ2) is 12.4. The van der Waals surface area contributed by atoms with Crippen LogP contribution in [0.4, 0.5) is 0 Å². The van der Waals surface area contributed by atoms with Crippen molar-refractivity contribution in [1.29, 1.82) is 0 Å². The average molecular weight is 590 g/mol. The lowest BCUT2D eigenvalue weighted by Crippen LogP contribution is -2.23. The number of ether oxygens (including phenoxy) is 4. The maximum Gasteiger partial charge on any atom is 0.336 e. The predicted molar refractivity (Wildman–Crippen MR) is 147 cm³/mol. The molecule has 0 amide bonds. The molecule has 2 aromatic rings. The zero-order valence-corrected chi connectivity index (χ0v) is 24.4. The molecule has 0 aliphatic heterocycles. The Hall–Kier alpha value is -2.38. The van der Waals surface area contributed by atoms with Crippen LogP contribution < -0.4 is 9.47 Å². The maximum atomic E-state index is 11.7. The van der Waals surface area contributed by atoms with Crippen molar-refractivity contribution in [2.45, 2.75) is 59.5 Å². The molecule has 37 heavy (non-hydrogen) atoms. The van der Waals surface area contributed by atoms with Crippen LogP contribution in [0.15, 0.2) is 48.6 Å². The quantitative estimate of drug-likeness (QED) is 0.158. The van der Waals surface area contributed by atoms with Gasteiger partial charge in [0.15, 0.2) is 11.5 Å². The average Bonchev–Trinajstić information content (AvgIpc) is 2.77. The Labute approximate surface area is 237 Å². The van der Waals surface area contributed by atoms with Crippen LogP contribution in [-0.4, -0.2) is 24.5 Å². The van der Waals surface area contributed by atoms with Crippen LogP contribution in [0.25, 0.3) is 0 Å². The van der Waals surface area contributed by atoms with E-state index in [1.165, 1.54) is 13.8 Å². The molecule has 10 heteroatoms. The topological polar surface area (TPSA) is 71.1 Å². The molecule has 2 aromatic carbocycles. The number of hydrogen-bond donors (Lipinski definition) is 0. The molecule has 0 bridgehead atoms. The van der Waals surface area contributed by atoms with Crippen molar-refractivity contribution in [2.24, 2.45) is 0 Å². The second-order valence-electron chi connectivity index (χ2n) is 8.91. The fraction of sp³-hybridized carbons (Fsp3) is 0.333. The number of halogens is 4. The maximum absolute atomic E-state index is 11.7. The van der Waals surface area contributed by atoms with E-state index in [9.17, 15) is 9.59 Å². The monoisotopic (exact) mass is 588 g/mol. The van der Waals surface area contributed by atoms with Crippen molar-refractivity contribution in [3.05, 3.63) is 79.8 Å². The van der Waals surface area contributed by atoms with E-state index in [2.05, 4.69) is 13.2 Å². The highest BCUT2D eigenvalue weighted by Gasteiger charge is 2.29. The van der Waals surface area contributed by atoms with E-state index in [4.69, 9.17) is 65.4 Å². The van der Waals surface area contributed by atoms with Crippen LogP contribution in [0.2, 0.25) is 20.1 Å². The summed E-state index contributed by atoms with van der Waals surface area (Å²) in [6.07, 6.45) is -1.89. The van der Waals surface area contributed by atoms with Crippen LogP contribution in [-0.2, 0) is 24.5 Å². The van der Waals surface area contributed by atoms with Crippen LogP contribution in [0, 0.1) is 0 Å². The van der Waals surface area contributed by atoms with E-state index in [0.717, 1.165) is 11.1 Å². The van der Waals surface area contributed by atoms with Gasteiger partial charge in [0.1, 0.15) is 0 Å². The first kappa shape index (κ1) is 30.8. The Balaban J connectivity index is 2.32. The minimum atomic E-state index is -0.944. The van der Waals surface area contributed by atoms with Gasteiger partial charge in [0.05, 0.1) is 20.1 Å². The summed E-state index contributed by atoms with van der Waals surface area (Å²) in [5, 5.41) is 0.886. The van der Waals surface area contributed by atoms with Crippen molar-refractivity contribution in [3.8, 4) is 11.5 Å². The van der Waals surface area contributed by atoms with Crippen LogP contribution in [0.3, 0.4) is 0 Å². The summed E-state index contributed by atoms with van der Waals surface area (Å²) in [7, 11) is 0. The van der Waals surface area contributed by atoms with E-state index in [1.807, 2.05) is 13.8 Å². The van der Waals surface area contributed by atoms with Gasteiger partial charge in [0.25, 0.3) is 0 Å². The molecular formula is C27H28Cl4O6. The molecule has 2 rings (SSSR count). The summed E-state index contributed by atoms with van der Waals surface area (Å²) in [6.45, 7) is 17.1. The Morgan fingerprint density at radius 2 is 0.973 bits per heavy atom. The Kier molecular flexibility index (Phi) is 10.4. The summed E-state index contributed by atoms with van der Waals surface area (Å²) >= 11 is 26.0. The number of carbonyl (C=O) groups excluding carboxylic acids is 2. The zero-order chi connectivity index (χ0) is 28.2. The minimum Gasteiger partial charge on any atom is -0.452 e. The molecular weight excluding hydrogens is 562 g/mol. The molecule has 0 N–H and O–H groups in total. The van der Waals surface area contributed by atoms with E-state index in [-0.39, 0.29) is 42.7 Å². The molecule has 0 saturated carbocycles. The number of rotatable bonds is 10. The molecule has 2 unspecified atom stereocenters. The molecule has 0 aliphatic carbocycles. The highest BCUT2D eigenvalue weighted by Crippen LogP contribution is 2.44. The molecule has 0 fully saturated rings. The van der Waals surface area contributed by atoms with Gasteiger partial charge in [-0.05, 0) is 49.2 Å². The zero-order valence-electron chi connectivity index (χ0n) is 21.3. The first-order valence-electron chi connectivity index (χ1n) is 11.1. The van der Waals surface area contributed by atoms with Crippen molar-refractivity contribution >= 4 is 58.3 Å². The molecule has 2 atom stereocenters. The van der Waals surface area contributed by atoms with Crippen molar-refractivity contribution in [3.63, 3.8) is 0 Å². The van der Waals surface area contributed by atoms with Crippen LogP contribution in [0.5, 0.6) is 11.5 Å². The molecule has 6 nitrogen and oxygen atoms in total. The van der Waals surface area contributed by atoms with Gasteiger partial charge < -0.3 is 18.9 Å². The largest absolute Gasteiger partial charge is 0.452 e. The number of carbonyl (C=O) groups is 2. The molecule has 0 spiro atoms. The van der Waals surface area contributed by atoms with Gasteiger partial charge in [-0.1, -0.05) is 73.4 Å². The van der Waals surface area contributed by atoms with E-state index >= 15 is 0 Å². The standard InChI is InChI=1S/C27H28Cl4O6/c1-13(2)25(32)36-15(5)34-23-19(28)9-17(10-20(23)29)27(7,8)18-11-21(30)24(22(31)12-18)35-16(6)37-26(33)14(3)4/h9-12,15-16H,1,3H2,2,4-8H3. The number of hydrogen-bond acceptors (Lipinski definition) is 6. The SMILES string of the molecule is C=C(C)C(=O)OC(C)Oc1c(Cl)cc(C(C)(C)c2cc(Cl)c(OC(C)OC(=O)C(=C)C)c(Cl)c2)cc1Cl. The lowest BCUT2D eigenvalue weighted by atomic mass is 9.78. The Bertz CT molecular complexity index is 1100. The van der Waals surface area contributed by atoms with Gasteiger partial charge in [0.2, 0.25) is 12.6 Å². The second-order valence-corrected chi connectivity index (χ2v) is 10.5. The molecule has 0 saturated heterocycles. The van der Waals surface area contributed by atoms with Crippen molar-refractivity contribution < 1.29 is 28.5 Å². The summed E-state index contributed by atoms with van der Waals surface area (Å²) < 4.78 is 21.6.